The number of carboxylic acids is 1. The van der Waals surface area contributed by atoms with Gasteiger partial charge in [0, 0.05) is 32.9 Å². The number of alkyl halides is 3. The molecular weight excluding hydrogens is 691 g/mol. The van der Waals surface area contributed by atoms with Crippen molar-refractivity contribution in [1.29, 1.82) is 0 Å². The number of primary amides is 1. The van der Waals surface area contributed by atoms with Gasteiger partial charge in [-0.15, -0.1) is 0 Å². The van der Waals surface area contributed by atoms with E-state index in [9.17, 15) is 56.9 Å². The van der Waals surface area contributed by atoms with Crippen molar-refractivity contribution in [3.05, 3.63) is 29.8 Å². The summed E-state index contributed by atoms with van der Waals surface area (Å²) in [6.45, 7) is 1.82. The number of β-amino-alcohol motifs (C(OH)–C–C–N with tert-alkyl or cyclic N) is 1. The van der Waals surface area contributed by atoms with E-state index >= 15 is 0 Å². The fourth-order valence-electron chi connectivity index (χ4n) is 5.27. The van der Waals surface area contributed by atoms with Crippen LogP contribution < -0.4 is 27.0 Å². The van der Waals surface area contributed by atoms with E-state index in [2.05, 4.69) is 21.3 Å². The minimum absolute atomic E-state index is 0.0485. The van der Waals surface area contributed by atoms with Crippen molar-refractivity contribution >= 4 is 47.3 Å². The molecule has 282 valence electrons. The summed E-state index contributed by atoms with van der Waals surface area (Å²) in [5, 5.41) is 36.7. The van der Waals surface area contributed by atoms with Crippen LogP contribution in [0.1, 0.15) is 38.7 Å². The fraction of sp³-hybridized carbons (Fsp3) is 0.533. The molecule has 51 heavy (non-hydrogen) atoms. The fourth-order valence-corrected chi connectivity index (χ4v) is 5.27. The predicted octanol–water partition coefficient (Wildman–Crippen LogP) is -2.75. The Balaban J connectivity index is 0.00000116. The summed E-state index contributed by atoms with van der Waals surface area (Å²) in [5.74, 6) is -6.98. The Morgan fingerprint density at radius 3 is 2.12 bits per heavy atom. The summed E-state index contributed by atoms with van der Waals surface area (Å²) in [7, 11) is 0. The van der Waals surface area contributed by atoms with E-state index < -0.39 is 96.9 Å². The molecule has 0 bridgehead atoms. The lowest BCUT2D eigenvalue weighted by Crippen LogP contribution is -2.57. The molecule has 2 fully saturated rings. The number of hydrogen-bond donors (Lipinski definition) is 8. The number of nitrogens with one attached hydrogen (secondary N) is 4. The number of aromatic hydroxyl groups is 1. The average Bonchev–Trinajstić information content (AvgIpc) is 3.69. The monoisotopic (exact) mass is 731 g/mol. The molecule has 0 spiro atoms. The highest BCUT2D eigenvalue weighted by Gasteiger charge is 2.45. The molecule has 1 aromatic carbocycles. The van der Waals surface area contributed by atoms with Gasteiger partial charge in [0.25, 0.3) is 0 Å². The Hall–Kier alpha value is -5.47. The summed E-state index contributed by atoms with van der Waals surface area (Å²) in [6.07, 6.45) is -5.23. The van der Waals surface area contributed by atoms with E-state index in [0.29, 0.717) is 18.4 Å². The lowest BCUT2D eigenvalue weighted by Gasteiger charge is -2.32. The summed E-state index contributed by atoms with van der Waals surface area (Å²) < 4.78 is 31.7. The molecule has 5 unspecified atom stereocenters. The Morgan fingerprint density at radius 2 is 1.57 bits per heavy atom. The number of aliphatic hydroxyl groups is 1. The van der Waals surface area contributed by atoms with Gasteiger partial charge in [0.15, 0.2) is 0 Å². The van der Waals surface area contributed by atoms with Gasteiger partial charge in [-0.1, -0.05) is 12.1 Å². The van der Waals surface area contributed by atoms with Crippen LogP contribution in [-0.2, 0) is 44.8 Å². The normalized spacial score (nSPS) is 19.5. The highest BCUT2D eigenvalue weighted by atomic mass is 19.4. The number of nitrogens with two attached hydrogens (primary N) is 1. The Morgan fingerprint density at radius 1 is 0.961 bits per heavy atom. The quantitative estimate of drug-likeness (QED) is 0.109. The molecule has 18 nitrogen and oxygen atoms in total. The molecule has 2 saturated heterocycles. The van der Waals surface area contributed by atoms with E-state index in [1.165, 1.54) is 35.8 Å². The second kappa shape index (κ2) is 18.5. The van der Waals surface area contributed by atoms with Gasteiger partial charge in [0.2, 0.25) is 41.4 Å². The van der Waals surface area contributed by atoms with Crippen LogP contribution in [0.5, 0.6) is 5.75 Å². The van der Waals surface area contributed by atoms with Crippen LogP contribution >= 0.6 is 0 Å². The Kier molecular flexibility index (Phi) is 15.1. The average molecular weight is 732 g/mol. The molecule has 2 aliphatic heterocycles. The zero-order chi connectivity index (χ0) is 38.6. The Labute approximate surface area is 288 Å². The topological polar surface area (TPSA) is 278 Å². The number of phenols is 1. The maximum Gasteiger partial charge on any atom is 0.490 e. The number of carboxylic acid groups (broad SMARTS) is 1. The first-order valence-electron chi connectivity index (χ1n) is 15.5. The second-order valence-corrected chi connectivity index (χ2v) is 11.7. The lowest BCUT2D eigenvalue weighted by atomic mass is 10.0. The zero-order valence-corrected chi connectivity index (χ0v) is 27.6. The predicted molar refractivity (Wildman–Crippen MR) is 167 cm³/mol. The van der Waals surface area contributed by atoms with Crippen LogP contribution in [0.25, 0.3) is 0 Å². The number of phenolic OH excluding ortho intramolecular Hbond substituents is 1. The molecule has 0 aliphatic carbocycles. The molecule has 0 aromatic heterocycles. The maximum absolute atomic E-state index is 13.7. The third kappa shape index (κ3) is 13.1. The maximum atomic E-state index is 13.7. The number of rotatable bonds is 12. The number of carbonyl (C=O) groups excluding carboxylic acids is 7. The number of likely N-dealkylation sites (tertiary alicyclic amines) is 2. The van der Waals surface area contributed by atoms with Gasteiger partial charge in [-0.3, -0.25) is 33.6 Å². The van der Waals surface area contributed by atoms with Crippen LogP contribution in [0.2, 0.25) is 0 Å². The number of aliphatic carboxylic acids is 1. The van der Waals surface area contributed by atoms with Gasteiger partial charge in [-0.25, -0.2) is 4.79 Å². The number of halogens is 3. The van der Waals surface area contributed by atoms with Gasteiger partial charge >= 0.3 is 12.1 Å². The number of hydrogen-bond acceptors (Lipinski definition) is 10. The molecule has 2 aliphatic rings. The first kappa shape index (κ1) is 41.7. The molecule has 0 saturated carbocycles. The standard InChI is InChI=1S/C28H39N7O9.C2HF3O2/c1-15(25(41)30-12-23(29)39)32-24(40)13-31-26(42)22-11-19(38)14-35(22)28(44)21-4-3-9-34(21)27(43)20(33-16(2)36)10-17-5-7-18(37)8-6-17;3-2(4,5)1(6)7/h5-8,15,19-22,37-38H,3-4,9-14H2,1-2H3,(H2,29,39)(H,30,41)(H,31,42)(H,32,40)(H,33,36);(H,6,7). The van der Waals surface area contributed by atoms with Gasteiger partial charge < -0.3 is 52.1 Å². The van der Waals surface area contributed by atoms with E-state index in [1.54, 1.807) is 12.1 Å². The molecule has 7 amide bonds. The van der Waals surface area contributed by atoms with E-state index in [-0.39, 0.29) is 31.7 Å². The third-order valence-electron chi connectivity index (χ3n) is 7.61. The van der Waals surface area contributed by atoms with Gasteiger partial charge in [-0.05, 0) is 37.5 Å². The van der Waals surface area contributed by atoms with Gasteiger partial charge in [0.1, 0.15) is 29.9 Å². The van der Waals surface area contributed by atoms with Crippen molar-refractivity contribution in [2.45, 2.75) is 76.0 Å². The molecule has 2 heterocycles. The molecule has 3 rings (SSSR count). The molecule has 0 radical (unpaired) electrons. The summed E-state index contributed by atoms with van der Waals surface area (Å²) >= 11 is 0. The van der Waals surface area contributed by atoms with Crippen LogP contribution in [0.4, 0.5) is 13.2 Å². The number of carbonyl (C=O) groups is 8. The number of benzene rings is 1. The second-order valence-electron chi connectivity index (χ2n) is 11.7. The smallest absolute Gasteiger partial charge is 0.490 e. The van der Waals surface area contributed by atoms with Crippen LogP contribution in [-0.4, -0.2) is 135 Å². The van der Waals surface area contributed by atoms with Crippen molar-refractivity contribution in [3.8, 4) is 5.75 Å². The van der Waals surface area contributed by atoms with Crippen molar-refractivity contribution in [1.82, 2.24) is 31.1 Å². The molecule has 9 N–H and O–H groups in total. The molecule has 21 heteroatoms. The largest absolute Gasteiger partial charge is 0.508 e. The highest BCUT2D eigenvalue weighted by molar-refractivity contribution is 5.96. The van der Waals surface area contributed by atoms with Crippen LogP contribution in [0.15, 0.2) is 24.3 Å². The summed E-state index contributed by atoms with van der Waals surface area (Å²) in [4.78, 5) is 98.8. The molecule has 1 aromatic rings. The van der Waals surface area contributed by atoms with Crippen molar-refractivity contribution in [2.75, 3.05) is 26.2 Å². The van der Waals surface area contributed by atoms with Gasteiger partial charge in [-0.2, -0.15) is 13.2 Å². The van der Waals surface area contributed by atoms with E-state index in [1.807, 2.05) is 0 Å². The first-order valence-corrected chi connectivity index (χ1v) is 15.5. The SMILES string of the molecule is CC(=O)NC(Cc1ccc(O)cc1)C(=O)N1CCCC1C(=O)N1CC(O)CC1C(=O)NCC(=O)NC(C)C(=O)NCC(N)=O.O=C(O)C(F)(F)F. The van der Waals surface area contributed by atoms with E-state index in [4.69, 9.17) is 15.6 Å². The lowest BCUT2D eigenvalue weighted by molar-refractivity contribution is -0.192. The van der Waals surface area contributed by atoms with Crippen LogP contribution in [0.3, 0.4) is 0 Å². The molecule has 5 atom stereocenters. The number of nitrogens with zero attached hydrogens (tertiary/aromatic N) is 2. The van der Waals surface area contributed by atoms with E-state index in [0.717, 1.165) is 0 Å². The van der Waals surface area contributed by atoms with Gasteiger partial charge in [0.05, 0.1) is 19.2 Å². The highest BCUT2D eigenvalue weighted by Crippen LogP contribution is 2.26. The van der Waals surface area contributed by atoms with Crippen molar-refractivity contribution < 1.29 is 66.8 Å². The van der Waals surface area contributed by atoms with Crippen LogP contribution in [0, 0.1) is 0 Å². The minimum atomic E-state index is -5.08. The third-order valence-corrected chi connectivity index (χ3v) is 7.61. The van der Waals surface area contributed by atoms with Crippen molar-refractivity contribution in [2.24, 2.45) is 5.73 Å². The number of aliphatic hydroxyl groups excluding tert-OH is 1. The summed E-state index contributed by atoms with van der Waals surface area (Å²) in [6, 6.07) is 2.13. The van der Waals surface area contributed by atoms with Crippen molar-refractivity contribution in [3.63, 3.8) is 0 Å². The first-order chi connectivity index (χ1) is 23.7. The Bertz CT molecular complexity index is 1480. The number of amides is 7. The zero-order valence-electron chi connectivity index (χ0n) is 27.6. The minimum Gasteiger partial charge on any atom is -0.508 e. The molecular formula is C30H40F3N7O11. The summed E-state index contributed by atoms with van der Waals surface area (Å²) in [5.41, 5.74) is 5.66.